The van der Waals surface area contributed by atoms with Crippen molar-refractivity contribution in [2.24, 2.45) is 0 Å². The molecule has 0 fully saturated rings. The van der Waals surface area contributed by atoms with Crippen LogP contribution in [0.5, 0.6) is 0 Å². The molecule has 2 nitrogen and oxygen atoms in total. The summed E-state index contributed by atoms with van der Waals surface area (Å²) in [6, 6.07) is 86.4. The van der Waals surface area contributed by atoms with Crippen LogP contribution in [0.15, 0.2) is 231 Å². The van der Waals surface area contributed by atoms with E-state index in [9.17, 15) is 0 Å². The lowest BCUT2D eigenvalue weighted by atomic mass is 9.64. The first-order valence-corrected chi connectivity index (χ1v) is 24.2. The van der Waals surface area contributed by atoms with Crippen LogP contribution in [0, 0.1) is 0 Å². The SMILES string of the molecule is CC1(C)c2ccccc2-c2ccc(N(c3cccc(-c4ccc5sc6ccccc6c5c4)c3)c3cccc4c3-c3ccccc3C43c4ccccc4N(c4ccccc4)c4ccccc43)cc21. The highest BCUT2D eigenvalue weighted by molar-refractivity contribution is 7.25. The van der Waals surface area contributed by atoms with Crippen LogP contribution in [0.4, 0.5) is 34.1 Å². The maximum atomic E-state index is 2.55. The van der Waals surface area contributed by atoms with Gasteiger partial charge in [0.1, 0.15) is 0 Å². The van der Waals surface area contributed by atoms with Gasteiger partial charge in [-0.3, -0.25) is 0 Å². The van der Waals surface area contributed by atoms with Gasteiger partial charge in [-0.1, -0.05) is 172 Å². The van der Waals surface area contributed by atoms with Crippen molar-refractivity contribution in [3.8, 4) is 33.4 Å². The molecule has 1 spiro atoms. The van der Waals surface area contributed by atoms with Gasteiger partial charge in [-0.15, -0.1) is 11.3 Å². The Bertz CT molecular complexity index is 3770. The third-order valence-corrected chi connectivity index (χ3v) is 16.2. The second-order valence-corrected chi connectivity index (χ2v) is 19.9. The Kier molecular flexibility index (Phi) is 8.15. The molecule has 1 aromatic heterocycles. The van der Waals surface area contributed by atoms with Crippen molar-refractivity contribution in [3.05, 3.63) is 264 Å². The molecular weight excluding hydrogens is 829 g/mol. The summed E-state index contributed by atoms with van der Waals surface area (Å²) in [4.78, 5) is 5.01. The van der Waals surface area contributed by atoms with Crippen LogP contribution >= 0.6 is 11.3 Å². The minimum absolute atomic E-state index is 0.163. The molecule has 0 saturated heterocycles. The summed E-state index contributed by atoms with van der Waals surface area (Å²) in [5.74, 6) is 0. The predicted octanol–water partition coefficient (Wildman–Crippen LogP) is 17.6. The standard InChI is InChI=1S/C64H44N2S/c1-63(2)51-25-9-6-22-46(51)47-36-35-45(40-56(47)63)65(44-21-16-18-41(38-44)42-34-37-61-50(39-42)48-23-8-15-33-60(48)67-61)59-32-17-29-55-62(59)49-24-7-10-26-52(49)64(55)53-27-11-13-30-57(53)66(43-19-4-3-5-20-43)58-31-14-12-28-54(58)64/h3-40H,1-2H3. The molecule has 1 aliphatic heterocycles. The summed E-state index contributed by atoms with van der Waals surface area (Å²) in [6.45, 7) is 4.77. The molecule has 316 valence electrons. The van der Waals surface area contributed by atoms with E-state index in [0.29, 0.717) is 0 Å². The zero-order valence-corrected chi connectivity index (χ0v) is 38.1. The summed E-state index contributed by atoms with van der Waals surface area (Å²) in [7, 11) is 0. The average molecular weight is 873 g/mol. The van der Waals surface area contributed by atoms with Crippen LogP contribution in [0.1, 0.15) is 47.2 Å². The Morgan fingerprint density at radius 2 is 0.985 bits per heavy atom. The van der Waals surface area contributed by atoms with E-state index in [-0.39, 0.29) is 5.41 Å². The molecule has 0 unspecified atom stereocenters. The van der Waals surface area contributed by atoms with Crippen LogP contribution in [-0.2, 0) is 10.8 Å². The lowest BCUT2D eigenvalue weighted by molar-refractivity contribution is 0.660. The maximum Gasteiger partial charge on any atom is 0.0755 e. The Labute approximate surface area is 395 Å². The number of benzene rings is 10. The van der Waals surface area contributed by atoms with E-state index >= 15 is 0 Å². The summed E-state index contributed by atoms with van der Waals surface area (Å²) < 4.78 is 2.64. The summed E-state index contributed by atoms with van der Waals surface area (Å²) >= 11 is 1.87. The van der Waals surface area contributed by atoms with E-state index in [1.165, 1.54) is 98.3 Å². The van der Waals surface area contributed by atoms with E-state index in [1.54, 1.807) is 0 Å². The highest BCUT2D eigenvalue weighted by Gasteiger charge is 2.52. The van der Waals surface area contributed by atoms with Gasteiger partial charge >= 0.3 is 0 Å². The first-order chi connectivity index (χ1) is 33.0. The Balaban J connectivity index is 1.03. The molecule has 0 bridgehead atoms. The van der Waals surface area contributed by atoms with Gasteiger partial charge in [-0.25, -0.2) is 0 Å². The van der Waals surface area contributed by atoms with E-state index in [4.69, 9.17) is 0 Å². The molecule has 11 aromatic rings. The number of hydrogen-bond acceptors (Lipinski definition) is 3. The van der Waals surface area contributed by atoms with Crippen molar-refractivity contribution in [1.82, 2.24) is 0 Å². The molecule has 2 aliphatic carbocycles. The first kappa shape index (κ1) is 38.3. The molecule has 0 radical (unpaired) electrons. The number of hydrogen-bond donors (Lipinski definition) is 0. The number of thiophene rings is 1. The first-order valence-electron chi connectivity index (χ1n) is 23.3. The number of para-hydroxylation sites is 3. The topological polar surface area (TPSA) is 6.48 Å². The highest BCUT2D eigenvalue weighted by Crippen LogP contribution is 2.65. The molecule has 67 heavy (non-hydrogen) atoms. The van der Waals surface area contributed by atoms with Gasteiger partial charge in [0, 0.05) is 48.2 Å². The lowest BCUT2D eigenvalue weighted by Crippen LogP contribution is -2.36. The molecule has 0 saturated carbocycles. The fourth-order valence-corrected chi connectivity index (χ4v) is 13.3. The van der Waals surface area contributed by atoms with Gasteiger partial charge in [-0.2, -0.15) is 0 Å². The van der Waals surface area contributed by atoms with Gasteiger partial charge in [0.15, 0.2) is 0 Å². The van der Waals surface area contributed by atoms with E-state index in [2.05, 4.69) is 254 Å². The van der Waals surface area contributed by atoms with Crippen molar-refractivity contribution in [2.75, 3.05) is 9.80 Å². The Morgan fingerprint density at radius 3 is 1.79 bits per heavy atom. The molecule has 0 N–H and O–H groups in total. The van der Waals surface area contributed by atoms with E-state index in [0.717, 1.165) is 22.7 Å². The maximum absolute atomic E-state index is 2.55. The van der Waals surface area contributed by atoms with Gasteiger partial charge in [0.05, 0.1) is 22.5 Å². The largest absolute Gasteiger partial charge is 0.310 e. The van der Waals surface area contributed by atoms with Crippen LogP contribution < -0.4 is 9.80 Å². The van der Waals surface area contributed by atoms with Crippen LogP contribution in [-0.4, -0.2) is 0 Å². The van der Waals surface area contributed by atoms with Crippen LogP contribution in [0.3, 0.4) is 0 Å². The summed E-state index contributed by atoms with van der Waals surface area (Å²) in [6.07, 6.45) is 0. The van der Waals surface area contributed by atoms with E-state index in [1.807, 2.05) is 11.3 Å². The van der Waals surface area contributed by atoms with Crippen molar-refractivity contribution < 1.29 is 0 Å². The molecule has 3 heteroatoms. The number of anilines is 6. The van der Waals surface area contributed by atoms with Crippen molar-refractivity contribution in [3.63, 3.8) is 0 Å². The molecule has 0 amide bonds. The predicted molar refractivity (Wildman–Crippen MR) is 283 cm³/mol. The highest BCUT2D eigenvalue weighted by atomic mass is 32.1. The monoisotopic (exact) mass is 872 g/mol. The van der Waals surface area contributed by atoms with Crippen LogP contribution in [0.25, 0.3) is 53.6 Å². The smallest absolute Gasteiger partial charge is 0.0755 e. The minimum Gasteiger partial charge on any atom is -0.310 e. The number of nitrogens with zero attached hydrogens (tertiary/aromatic N) is 2. The summed E-state index contributed by atoms with van der Waals surface area (Å²) in [5.41, 5.74) is 21.7. The van der Waals surface area contributed by atoms with Crippen molar-refractivity contribution in [2.45, 2.75) is 24.7 Å². The third kappa shape index (κ3) is 5.32. The number of rotatable bonds is 5. The van der Waals surface area contributed by atoms with Gasteiger partial charge in [0.25, 0.3) is 0 Å². The third-order valence-electron chi connectivity index (χ3n) is 15.0. The fraction of sp³-hybridized carbons (Fsp3) is 0.0625. The number of fused-ring (bicyclic) bond motifs is 15. The molecule has 3 aliphatic rings. The van der Waals surface area contributed by atoms with E-state index < -0.39 is 5.41 Å². The summed E-state index contributed by atoms with van der Waals surface area (Å²) in [5, 5.41) is 2.62. The second kappa shape index (κ2) is 14.3. The normalized spacial score (nSPS) is 14.3. The molecular formula is C64H44N2S. The zero-order chi connectivity index (χ0) is 44.4. The Morgan fingerprint density at radius 1 is 0.388 bits per heavy atom. The van der Waals surface area contributed by atoms with Gasteiger partial charge < -0.3 is 9.80 Å². The quantitative estimate of drug-likeness (QED) is 0.170. The molecule has 2 heterocycles. The fourth-order valence-electron chi connectivity index (χ4n) is 12.2. The minimum atomic E-state index is -0.575. The lowest BCUT2D eigenvalue weighted by Gasteiger charge is -2.45. The van der Waals surface area contributed by atoms with Crippen molar-refractivity contribution >= 4 is 65.6 Å². The van der Waals surface area contributed by atoms with Crippen molar-refractivity contribution in [1.29, 1.82) is 0 Å². The average Bonchev–Trinajstić information content (AvgIpc) is 3.98. The Hall–Kier alpha value is -7.98. The van der Waals surface area contributed by atoms with Gasteiger partial charge in [-0.05, 0) is 134 Å². The molecule has 10 aromatic carbocycles. The zero-order valence-electron chi connectivity index (χ0n) is 37.2. The molecule has 14 rings (SSSR count). The second-order valence-electron chi connectivity index (χ2n) is 18.8. The molecule has 0 atom stereocenters. The van der Waals surface area contributed by atoms with Crippen LogP contribution in [0.2, 0.25) is 0 Å². The van der Waals surface area contributed by atoms with Gasteiger partial charge in [0.2, 0.25) is 0 Å².